The maximum Gasteiger partial charge on any atom is 0.327 e. The van der Waals surface area contributed by atoms with Gasteiger partial charge in [0.05, 0.1) is 13.0 Å². The number of carbonyl (C=O) groups is 2. The van der Waals surface area contributed by atoms with Crippen LogP contribution < -0.4 is 6.15 Å². The van der Waals surface area contributed by atoms with Crippen LogP contribution in [0.15, 0.2) is 0 Å². The van der Waals surface area contributed by atoms with Crippen molar-refractivity contribution in [1.29, 1.82) is 0 Å². The quantitative estimate of drug-likeness (QED) is 0.183. The fourth-order valence-electron chi connectivity index (χ4n) is 2.68. The van der Waals surface area contributed by atoms with Crippen molar-refractivity contribution in [3.8, 4) is 0 Å². The molecule has 0 heterocycles. The van der Waals surface area contributed by atoms with E-state index in [1.807, 2.05) is 0 Å². The van der Waals surface area contributed by atoms with Crippen LogP contribution in [0.3, 0.4) is 0 Å². The lowest BCUT2D eigenvalue weighted by atomic mass is 10.1. The van der Waals surface area contributed by atoms with Crippen molar-refractivity contribution in [3.05, 3.63) is 0 Å². The minimum Gasteiger partial charge on any atom is -0.481 e. The molecule has 1 atom stereocenters. The van der Waals surface area contributed by atoms with Crippen LogP contribution in [0.25, 0.3) is 0 Å². The lowest BCUT2D eigenvalue weighted by Crippen LogP contribution is -2.34. The molecule has 0 aliphatic carbocycles. The predicted octanol–water partition coefficient (Wildman–Crippen LogP) is 4.12. The summed E-state index contributed by atoms with van der Waals surface area (Å²) in [6.07, 6.45) is 12.9. The Balaban J connectivity index is 0. The van der Waals surface area contributed by atoms with Gasteiger partial charge in [0.15, 0.2) is 5.25 Å². The summed E-state index contributed by atoms with van der Waals surface area (Å²) in [5.74, 6) is -2.70. The molecule has 0 spiro atoms. The van der Waals surface area contributed by atoms with E-state index in [0.29, 0.717) is 6.42 Å². The second-order valence-electron chi connectivity index (χ2n) is 6.66. The molecule has 0 aliphatic heterocycles. The number of hydrogen-bond acceptors (Lipinski definition) is 6. The topological polar surface area (TPSA) is 153 Å². The third kappa shape index (κ3) is 16.7. The molecule has 0 aromatic carbocycles. The second kappa shape index (κ2) is 16.9. The Hall–Kier alpha value is -1.19. The highest BCUT2D eigenvalue weighted by atomic mass is 32.2. The van der Waals surface area contributed by atoms with E-state index >= 15 is 0 Å². The van der Waals surface area contributed by atoms with Crippen LogP contribution in [0.2, 0.25) is 0 Å². The monoisotopic (exact) mass is 411 g/mol. The molecule has 8 nitrogen and oxygen atoms in total. The average molecular weight is 412 g/mol. The van der Waals surface area contributed by atoms with E-state index in [0.717, 1.165) is 19.3 Å². The summed E-state index contributed by atoms with van der Waals surface area (Å²) in [4.78, 5) is 22.2. The summed E-state index contributed by atoms with van der Waals surface area (Å²) >= 11 is 0. The third-order valence-electron chi connectivity index (χ3n) is 4.22. The Labute approximate surface area is 163 Å². The molecule has 5 N–H and O–H groups in total. The largest absolute Gasteiger partial charge is 0.481 e. The van der Waals surface area contributed by atoms with E-state index < -0.39 is 33.7 Å². The molecular weight excluding hydrogens is 374 g/mol. The van der Waals surface area contributed by atoms with Gasteiger partial charge in [0.2, 0.25) is 0 Å². The predicted molar refractivity (Wildman–Crippen MR) is 105 cm³/mol. The van der Waals surface area contributed by atoms with E-state index in [1.165, 1.54) is 51.4 Å². The maximum atomic E-state index is 11.6. The van der Waals surface area contributed by atoms with E-state index in [1.54, 1.807) is 0 Å². The van der Waals surface area contributed by atoms with Crippen LogP contribution in [-0.2, 0) is 24.4 Å². The van der Waals surface area contributed by atoms with Gasteiger partial charge in [-0.15, -0.1) is 0 Å². The minimum absolute atomic E-state index is 0. The van der Waals surface area contributed by atoms with Gasteiger partial charge in [0.1, 0.15) is 0 Å². The molecule has 0 aromatic heterocycles. The molecule has 0 saturated heterocycles. The van der Waals surface area contributed by atoms with Crippen molar-refractivity contribution in [1.82, 2.24) is 6.15 Å². The number of ether oxygens (including phenoxy) is 1. The van der Waals surface area contributed by atoms with Gasteiger partial charge in [-0.05, 0) is 6.42 Å². The first-order valence-electron chi connectivity index (χ1n) is 9.63. The van der Waals surface area contributed by atoms with Gasteiger partial charge in [-0.2, -0.15) is 8.42 Å². The lowest BCUT2D eigenvalue weighted by molar-refractivity contribution is -0.147. The Morgan fingerprint density at radius 1 is 0.852 bits per heavy atom. The average Bonchev–Trinajstić information content (AvgIpc) is 2.55. The number of carbonyl (C=O) groups excluding carboxylic acids is 1. The first kappa shape index (κ1) is 28.0. The van der Waals surface area contributed by atoms with Gasteiger partial charge in [-0.1, -0.05) is 77.6 Å². The SMILES string of the molecule is CCCCCCCCCCCCCCOC(=O)C(CC(=O)O)S(=O)(=O)O.N. The standard InChI is InChI=1S/C18H34O7S.H3N/c1-2-3-4-5-6-7-8-9-10-11-12-13-14-25-18(21)16(15-17(19)20)26(22,23)24;/h16H,2-15H2,1H3,(H,19,20)(H,22,23,24);1H3. The molecule has 0 rings (SSSR count). The Morgan fingerprint density at radius 3 is 1.63 bits per heavy atom. The fraction of sp³-hybridized carbons (Fsp3) is 0.889. The summed E-state index contributed by atoms with van der Waals surface area (Å²) < 4.78 is 35.8. The fourth-order valence-corrected chi connectivity index (χ4v) is 3.34. The normalized spacial score (nSPS) is 12.2. The van der Waals surface area contributed by atoms with Gasteiger partial charge in [0, 0.05) is 0 Å². The molecule has 162 valence electrons. The van der Waals surface area contributed by atoms with Crippen molar-refractivity contribution in [2.75, 3.05) is 6.61 Å². The molecular formula is C18H37NO7S. The molecule has 0 amide bonds. The highest BCUT2D eigenvalue weighted by Gasteiger charge is 2.34. The first-order valence-corrected chi connectivity index (χ1v) is 11.1. The summed E-state index contributed by atoms with van der Waals surface area (Å²) in [6, 6.07) is 0. The molecule has 9 heteroatoms. The number of aliphatic carboxylic acids is 1. The van der Waals surface area contributed by atoms with Gasteiger partial charge >= 0.3 is 11.9 Å². The van der Waals surface area contributed by atoms with E-state index in [9.17, 15) is 18.0 Å². The number of carboxylic acids is 1. The Kier molecular flexibility index (Phi) is 17.6. The van der Waals surface area contributed by atoms with Crippen molar-refractivity contribution < 1.29 is 32.4 Å². The van der Waals surface area contributed by atoms with E-state index in [4.69, 9.17) is 14.4 Å². The van der Waals surface area contributed by atoms with Crippen molar-refractivity contribution in [2.24, 2.45) is 0 Å². The van der Waals surface area contributed by atoms with Gasteiger partial charge in [0.25, 0.3) is 10.1 Å². The van der Waals surface area contributed by atoms with Gasteiger partial charge in [-0.3, -0.25) is 14.1 Å². The van der Waals surface area contributed by atoms with Crippen molar-refractivity contribution in [2.45, 2.75) is 95.6 Å². The second-order valence-corrected chi connectivity index (χ2v) is 8.26. The zero-order valence-corrected chi connectivity index (χ0v) is 17.3. The number of hydrogen-bond donors (Lipinski definition) is 3. The van der Waals surface area contributed by atoms with Crippen LogP contribution in [0.1, 0.15) is 90.4 Å². The third-order valence-corrected chi connectivity index (χ3v) is 5.30. The Bertz CT molecular complexity index is 494. The highest BCUT2D eigenvalue weighted by Crippen LogP contribution is 2.12. The number of esters is 1. The van der Waals surface area contributed by atoms with Crippen LogP contribution in [-0.4, -0.2) is 41.9 Å². The Morgan fingerprint density at radius 2 is 1.26 bits per heavy atom. The van der Waals surface area contributed by atoms with Crippen LogP contribution >= 0.6 is 0 Å². The lowest BCUT2D eigenvalue weighted by Gasteiger charge is -2.11. The number of unbranched alkanes of at least 4 members (excludes halogenated alkanes) is 11. The number of carboxylic acid groups (broad SMARTS) is 1. The van der Waals surface area contributed by atoms with Gasteiger partial charge < -0.3 is 16.0 Å². The zero-order valence-electron chi connectivity index (χ0n) is 16.5. The number of rotatable bonds is 17. The molecule has 0 fully saturated rings. The molecule has 0 aromatic rings. The first-order chi connectivity index (χ1) is 12.3. The van der Waals surface area contributed by atoms with Crippen molar-refractivity contribution in [3.63, 3.8) is 0 Å². The van der Waals surface area contributed by atoms with Crippen LogP contribution in [0.4, 0.5) is 0 Å². The van der Waals surface area contributed by atoms with E-state index in [2.05, 4.69) is 6.92 Å². The smallest absolute Gasteiger partial charge is 0.327 e. The van der Waals surface area contributed by atoms with Crippen LogP contribution in [0, 0.1) is 0 Å². The molecule has 0 bridgehead atoms. The summed E-state index contributed by atoms with van der Waals surface area (Å²) in [7, 11) is -4.78. The molecule has 0 radical (unpaired) electrons. The molecule has 27 heavy (non-hydrogen) atoms. The summed E-state index contributed by atoms with van der Waals surface area (Å²) in [5, 5.41) is 6.54. The molecule has 1 unspecified atom stereocenters. The molecule has 0 aliphatic rings. The summed E-state index contributed by atoms with van der Waals surface area (Å²) in [5.41, 5.74) is 0. The van der Waals surface area contributed by atoms with Crippen LogP contribution in [0.5, 0.6) is 0 Å². The zero-order chi connectivity index (χ0) is 19.8. The van der Waals surface area contributed by atoms with E-state index in [-0.39, 0.29) is 12.8 Å². The highest BCUT2D eigenvalue weighted by molar-refractivity contribution is 7.87. The van der Waals surface area contributed by atoms with Gasteiger partial charge in [-0.25, -0.2) is 0 Å². The minimum atomic E-state index is -4.78. The maximum absolute atomic E-state index is 11.6. The molecule has 0 saturated carbocycles. The van der Waals surface area contributed by atoms with Crippen molar-refractivity contribution >= 4 is 22.1 Å². The summed E-state index contributed by atoms with van der Waals surface area (Å²) in [6.45, 7) is 2.24.